The fourth-order valence-electron chi connectivity index (χ4n) is 0.964. The first kappa shape index (κ1) is 18.3. The number of nitriles is 1. The van der Waals surface area contributed by atoms with Gasteiger partial charge >= 0.3 is 0 Å². The average molecular weight is 255 g/mol. The molecule has 0 saturated carbocycles. The number of halogens is 1. The van der Waals surface area contributed by atoms with Gasteiger partial charge in [0, 0.05) is 11.4 Å². The van der Waals surface area contributed by atoms with Gasteiger partial charge in [0.05, 0.1) is 12.1 Å². The van der Waals surface area contributed by atoms with Crippen molar-refractivity contribution >= 4 is 11.6 Å². The molecule has 0 fully saturated rings. The lowest BCUT2D eigenvalue weighted by atomic mass is 10.1. The molecule has 0 heterocycles. The van der Waals surface area contributed by atoms with E-state index in [1.165, 1.54) is 6.42 Å². The maximum atomic E-state index is 8.46. The highest BCUT2D eigenvalue weighted by atomic mass is 35.5. The van der Waals surface area contributed by atoms with Crippen molar-refractivity contribution in [2.75, 3.05) is 0 Å². The van der Waals surface area contributed by atoms with Gasteiger partial charge in [0.25, 0.3) is 0 Å². The second-order valence-electron chi connectivity index (χ2n) is 3.28. The van der Waals surface area contributed by atoms with Crippen LogP contribution < -0.4 is 5.73 Å². The maximum Gasteiger partial charge on any atom is 0.0968 e. The van der Waals surface area contributed by atoms with Crippen molar-refractivity contribution in [3.05, 3.63) is 34.9 Å². The highest BCUT2D eigenvalue weighted by molar-refractivity contribution is 6.30. The maximum absolute atomic E-state index is 8.46. The molecule has 1 rings (SSSR count). The quantitative estimate of drug-likeness (QED) is 0.861. The third kappa shape index (κ3) is 11.2. The van der Waals surface area contributed by atoms with Crippen molar-refractivity contribution in [1.82, 2.24) is 0 Å². The largest absolute Gasteiger partial charge is 0.316 e. The molecule has 0 spiro atoms. The topological polar surface area (TPSA) is 49.8 Å². The van der Waals surface area contributed by atoms with Gasteiger partial charge in [-0.3, -0.25) is 0 Å². The van der Waals surface area contributed by atoms with E-state index in [2.05, 4.69) is 13.8 Å². The van der Waals surface area contributed by atoms with Gasteiger partial charge in [0.1, 0.15) is 0 Å². The third-order valence-corrected chi connectivity index (χ3v) is 1.75. The van der Waals surface area contributed by atoms with E-state index < -0.39 is 6.04 Å². The van der Waals surface area contributed by atoms with Gasteiger partial charge in [0.2, 0.25) is 0 Å². The second kappa shape index (κ2) is 13.0. The van der Waals surface area contributed by atoms with Crippen LogP contribution in [0.1, 0.15) is 39.7 Å². The van der Waals surface area contributed by atoms with Gasteiger partial charge in [-0.05, 0) is 17.7 Å². The highest BCUT2D eigenvalue weighted by Crippen LogP contribution is 2.11. The van der Waals surface area contributed by atoms with Crippen molar-refractivity contribution in [2.24, 2.45) is 5.73 Å². The average Bonchev–Trinajstić information content (AvgIpc) is 2.32. The molecule has 0 saturated heterocycles. The van der Waals surface area contributed by atoms with Crippen LogP contribution in [-0.4, -0.2) is 6.04 Å². The van der Waals surface area contributed by atoms with Gasteiger partial charge in [-0.1, -0.05) is 57.8 Å². The Kier molecular flexibility index (Phi) is 14.0. The van der Waals surface area contributed by atoms with Gasteiger partial charge in [0.15, 0.2) is 0 Å². The fourth-order valence-corrected chi connectivity index (χ4v) is 1.18. The molecule has 96 valence electrons. The van der Waals surface area contributed by atoms with Gasteiger partial charge in [-0.2, -0.15) is 5.26 Å². The third-order valence-electron chi connectivity index (χ3n) is 1.51. The minimum atomic E-state index is -0.441. The van der Waals surface area contributed by atoms with Crippen LogP contribution in [0, 0.1) is 11.3 Å². The summed E-state index contributed by atoms with van der Waals surface area (Å²) < 4.78 is 0. The lowest BCUT2D eigenvalue weighted by molar-refractivity contribution is 0.823. The molecular formula is C14H23ClN2. The van der Waals surface area contributed by atoms with Crippen molar-refractivity contribution < 1.29 is 0 Å². The molecule has 0 aliphatic carbocycles. The van der Waals surface area contributed by atoms with E-state index in [-0.39, 0.29) is 0 Å². The lowest BCUT2D eigenvalue weighted by Gasteiger charge is -2.02. The summed E-state index contributed by atoms with van der Waals surface area (Å²) in [7, 11) is 0. The van der Waals surface area contributed by atoms with Crippen LogP contribution in [-0.2, 0) is 6.42 Å². The summed E-state index contributed by atoms with van der Waals surface area (Å²) in [6, 6.07) is 8.89. The van der Waals surface area contributed by atoms with Crippen LogP contribution in [0.15, 0.2) is 24.3 Å². The highest BCUT2D eigenvalue weighted by Gasteiger charge is 2.01. The number of rotatable bonds is 2. The van der Waals surface area contributed by atoms with Crippen LogP contribution in [0.4, 0.5) is 0 Å². The first-order valence-corrected chi connectivity index (χ1v) is 6.41. The van der Waals surface area contributed by atoms with Crippen LogP contribution in [0.25, 0.3) is 0 Å². The summed E-state index contributed by atoms with van der Waals surface area (Å²) in [6.45, 7) is 8.25. The van der Waals surface area contributed by atoms with Crippen molar-refractivity contribution in [2.45, 2.75) is 46.6 Å². The Labute approximate surface area is 110 Å². The number of benzene rings is 1. The molecule has 2 nitrogen and oxygen atoms in total. The minimum Gasteiger partial charge on any atom is -0.316 e. The van der Waals surface area contributed by atoms with Crippen LogP contribution in [0.2, 0.25) is 5.02 Å². The van der Waals surface area contributed by atoms with E-state index in [4.69, 9.17) is 22.6 Å². The van der Waals surface area contributed by atoms with Gasteiger partial charge < -0.3 is 5.73 Å². The molecule has 0 aliphatic heterocycles. The first-order chi connectivity index (χ1) is 8.13. The van der Waals surface area contributed by atoms with Gasteiger partial charge in [-0.25, -0.2) is 0 Å². The van der Waals surface area contributed by atoms with E-state index >= 15 is 0 Å². The molecule has 0 aromatic heterocycles. The summed E-state index contributed by atoms with van der Waals surface area (Å²) in [6.07, 6.45) is 1.80. The summed E-state index contributed by atoms with van der Waals surface area (Å²) in [5.74, 6) is 0. The Hall–Kier alpha value is -1.04. The van der Waals surface area contributed by atoms with Crippen LogP contribution in [0.5, 0.6) is 0 Å². The standard InChI is InChI=1S/C9H9ClN2.C3H8.C2H6/c10-8-3-1-2-7(4-8)5-9(12)6-11;1-3-2;1-2/h1-4,9H,5,12H2;3H2,1-2H3;1-2H3. The second-order valence-corrected chi connectivity index (χ2v) is 3.71. The Balaban J connectivity index is 0. The summed E-state index contributed by atoms with van der Waals surface area (Å²) >= 11 is 5.75. The van der Waals surface area contributed by atoms with E-state index in [1.54, 1.807) is 6.07 Å². The minimum absolute atomic E-state index is 0.441. The molecule has 0 aliphatic rings. The normalized spacial score (nSPS) is 9.94. The molecule has 0 bridgehead atoms. The zero-order valence-corrected chi connectivity index (χ0v) is 12.0. The lowest BCUT2D eigenvalue weighted by Crippen LogP contribution is -2.19. The summed E-state index contributed by atoms with van der Waals surface area (Å²) in [4.78, 5) is 0. The zero-order valence-electron chi connectivity index (χ0n) is 11.2. The number of hydrogen-bond acceptors (Lipinski definition) is 2. The Morgan fingerprint density at radius 3 is 2.29 bits per heavy atom. The number of nitrogens with two attached hydrogens (primary N) is 1. The smallest absolute Gasteiger partial charge is 0.0968 e. The molecule has 0 radical (unpaired) electrons. The molecule has 1 aromatic carbocycles. The molecule has 17 heavy (non-hydrogen) atoms. The predicted molar refractivity (Wildman–Crippen MR) is 76.1 cm³/mol. The SMILES string of the molecule is CC.CCC.N#CC(N)Cc1cccc(Cl)c1. The fraction of sp³-hybridized carbons (Fsp3) is 0.500. The van der Waals surface area contributed by atoms with Crippen molar-refractivity contribution in [3.8, 4) is 6.07 Å². The molecule has 1 atom stereocenters. The summed E-state index contributed by atoms with van der Waals surface area (Å²) in [5, 5.41) is 9.14. The molecule has 2 N–H and O–H groups in total. The number of nitrogens with zero attached hydrogens (tertiary/aromatic N) is 1. The Morgan fingerprint density at radius 1 is 1.35 bits per heavy atom. The molecule has 1 unspecified atom stereocenters. The van der Waals surface area contributed by atoms with Gasteiger partial charge in [-0.15, -0.1) is 0 Å². The molecule has 1 aromatic rings. The van der Waals surface area contributed by atoms with Crippen molar-refractivity contribution in [3.63, 3.8) is 0 Å². The first-order valence-electron chi connectivity index (χ1n) is 6.03. The van der Waals surface area contributed by atoms with E-state index in [0.29, 0.717) is 11.4 Å². The van der Waals surface area contributed by atoms with Crippen LogP contribution in [0.3, 0.4) is 0 Å². The monoisotopic (exact) mass is 254 g/mol. The summed E-state index contributed by atoms with van der Waals surface area (Å²) in [5.41, 5.74) is 6.45. The zero-order chi connectivity index (χ0) is 13.7. The van der Waals surface area contributed by atoms with E-state index in [0.717, 1.165) is 5.56 Å². The van der Waals surface area contributed by atoms with E-state index in [1.807, 2.05) is 38.1 Å². The Morgan fingerprint density at radius 2 is 1.88 bits per heavy atom. The predicted octanol–water partition coefficient (Wildman–Crippen LogP) is 4.18. The molecule has 3 heteroatoms. The number of hydrogen-bond donors (Lipinski definition) is 1. The van der Waals surface area contributed by atoms with Crippen LogP contribution >= 0.6 is 11.6 Å². The Bertz CT molecular complexity index is 318. The molecular weight excluding hydrogens is 232 g/mol. The molecule has 0 amide bonds. The van der Waals surface area contributed by atoms with E-state index in [9.17, 15) is 0 Å². The van der Waals surface area contributed by atoms with Crippen molar-refractivity contribution in [1.29, 1.82) is 5.26 Å².